The van der Waals surface area contributed by atoms with Gasteiger partial charge in [-0.05, 0) is 30.2 Å². The van der Waals surface area contributed by atoms with E-state index in [-0.39, 0.29) is 19.3 Å². The third-order valence-electron chi connectivity index (χ3n) is 3.13. The molecule has 1 heterocycles. The number of fused-ring (bicyclic) bond motifs is 1. The van der Waals surface area contributed by atoms with Crippen molar-refractivity contribution in [1.82, 2.24) is 4.90 Å². The Morgan fingerprint density at radius 1 is 1.47 bits per heavy atom. The summed E-state index contributed by atoms with van der Waals surface area (Å²) in [7, 11) is 1.65. The van der Waals surface area contributed by atoms with Crippen LogP contribution >= 0.6 is 0 Å². The second-order valence-electron chi connectivity index (χ2n) is 4.62. The fourth-order valence-electron chi connectivity index (χ4n) is 1.95. The summed E-state index contributed by atoms with van der Waals surface area (Å²) in [6, 6.07) is 2.88. The highest BCUT2D eigenvalue weighted by molar-refractivity contribution is 5.81. The number of benzene rings is 1. The molecular formula is C13H18N2O4. The second kappa shape index (κ2) is 5.46. The number of aliphatic hydroxyl groups is 1. The normalized spacial score (nSPS) is 14.3. The predicted molar refractivity (Wildman–Crippen MR) is 68.8 cm³/mol. The van der Waals surface area contributed by atoms with Crippen LogP contribution in [-0.4, -0.2) is 42.4 Å². The molecule has 1 aromatic carbocycles. The number of aryl methyl sites for hydroxylation is 1. The molecule has 1 amide bonds. The van der Waals surface area contributed by atoms with Crippen LogP contribution in [0.1, 0.15) is 11.1 Å². The van der Waals surface area contributed by atoms with Gasteiger partial charge >= 0.3 is 0 Å². The van der Waals surface area contributed by atoms with Crippen LogP contribution in [0, 0.1) is 6.92 Å². The SMILES string of the molecule is Cc1cc2c(cc1CN(C)C(=O)C(N)CO)OCO2. The summed E-state index contributed by atoms with van der Waals surface area (Å²) in [5.74, 6) is 1.12. The fourth-order valence-corrected chi connectivity index (χ4v) is 1.95. The smallest absolute Gasteiger partial charge is 0.241 e. The van der Waals surface area contributed by atoms with Crippen molar-refractivity contribution in [3.8, 4) is 11.5 Å². The number of rotatable bonds is 4. The average molecular weight is 266 g/mol. The average Bonchev–Trinajstić information content (AvgIpc) is 2.84. The van der Waals surface area contributed by atoms with Gasteiger partial charge in [-0.15, -0.1) is 0 Å². The molecule has 0 bridgehead atoms. The van der Waals surface area contributed by atoms with E-state index >= 15 is 0 Å². The lowest BCUT2D eigenvalue weighted by Gasteiger charge is -2.21. The van der Waals surface area contributed by atoms with Crippen molar-refractivity contribution in [3.63, 3.8) is 0 Å². The first kappa shape index (κ1) is 13.6. The minimum atomic E-state index is -0.876. The van der Waals surface area contributed by atoms with Crippen LogP contribution in [0.4, 0.5) is 0 Å². The van der Waals surface area contributed by atoms with Gasteiger partial charge < -0.3 is 25.2 Å². The molecule has 1 atom stereocenters. The van der Waals surface area contributed by atoms with Crippen molar-refractivity contribution in [1.29, 1.82) is 0 Å². The Morgan fingerprint density at radius 2 is 2.11 bits per heavy atom. The number of amides is 1. The first-order valence-electron chi connectivity index (χ1n) is 6.03. The van der Waals surface area contributed by atoms with Crippen LogP contribution < -0.4 is 15.2 Å². The van der Waals surface area contributed by atoms with E-state index in [1.807, 2.05) is 19.1 Å². The molecule has 0 aliphatic carbocycles. The molecule has 19 heavy (non-hydrogen) atoms. The molecule has 1 unspecified atom stereocenters. The maximum absolute atomic E-state index is 11.8. The monoisotopic (exact) mass is 266 g/mol. The number of likely N-dealkylation sites (N-methyl/N-ethyl adjacent to an activating group) is 1. The Kier molecular flexibility index (Phi) is 3.92. The molecule has 0 saturated carbocycles. The first-order valence-corrected chi connectivity index (χ1v) is 6.03. The van der Waals surface area contributed by atoms with Gasteiger partial charge in [0.15, 0.2) is 11.5 Å². The van der Waals surface area contributed by atoms with Crippen LogP contribution in [-0.2, 0) is 11.3 Å². The van der Waals surface area contributed by atoms with E-state index < -0.39 is 6.04 Å². The lowest BCUT2D eigenvalue weighted by molar-refractivity contribution is -0.132. The van der Waals surface area contributed by atoms with Gasteiger partial charge in [0, 0.05) is 13.6 Å². The number of nitrogens with two attached hydrogens (primary N) is 1. The van der Waals surface area contributed by atoms with Crippen LogP contribution in [0.15, 0.2) is 12.1 Å². The van der Waals surface area contributed by atoms with Gasteiger partial charge in [0.05, 0.1) is 6.61 Å². The molecule has 1 aliphatic rings. The third kappa shape index (κ3) is 2.80. The zero-order valence-electron chi connectivity index (χ0n) is 11.0. The molecule has 2 rings (SSSR count). The van der Waals surface area contributed by atoms with Gasteiger partial charge in [-0.25, -0.2) is 0 Å². The molecule has 0 saturated heterocycles. The molecule has 1 aliphatic heterocycles. The van der Waals surface area contributed by atoms with Crippen molar-refractivity contribution >= 4 is 5.91 Å². The highest BCUT2D eigenvalue weighted by Gasteiger charge is 2.20. The van der Waals surface area contributed by atoms with Crippen LogP contribution in [0.3, 0.4) is 0 Å². The van der Waals surface area contributed by atoms with Gasteiger partial charge in [-0.1, -0.05) is 0 Å². The number of ether oxygens (including phenoxy) is 2. The van der Waals surface area contributed by atoms with Crippen molar-refractivity contribution in [2.45, 2.75) is 19.5 Å². The number of hydrogen-bond acceptors (Lipinski definition) is 5. The highest BCUT2D eigenvalue weighted by Crippen LogP contribution is 2.34. The van der Waals surface area contributed by atoms with Gasteiger partial charge in [-0.3, -0.25) is 4.79 Å². The van der Waals surface area contributed by atoms with Gasteiger partial charge in [0.1, 0.15) is 6.04 Å². The lowest BCUT2D eigenvalue weighted by Crippen LogP contribution is -2.43. The maximum atomic E-state index is 11.8. The predicted octanol–water partition coefficient (Wildman–Crippen LogP) is 0.00172. The molecule has 0 spiro atoms. The maximum Gasteiger partial charge on any atom is 0.241 e. The van der Waals surface area contributed by atoms with Crippen LogP contribution in [0.5, 0.6) is 11.5 Å². The topological polar surface area (TPSA) is 85.0 Å². The van der Waals surface area contributed by atoms with Gasteiger partial charge in [-0.2, -0.15) is 0 Å². The van der Waals surface area contributed by atoms with E-state index in [4.69, 9.17) is 20.3 Å². The zero-order chi connectivity index (χ0) is 14.0. The number of carbonyl (C=O) groups excluding carboxylic acids is 1. The number of carbonyl (C=O) groups is 1. The van der Waals surface area contributed by atoms with Crippen molar-refractivity contribution < 1.29 is 19.4 Å². The molecule has 1 aromatic rings. The minimum absolute atomic E-state index is 0.225. The highest BCUT2D eigenvalue weighted by atomic mass is 16.7. The largest absolute Gasteiger partial charge is 0.454 e. The Balaban J connectivity index is 2.13. The fraction of sp³-hybridized carbons (Fsp3) is 0.462. The Hall–Kier alpha value is -1.79. The standard InChI is InChI=1S/C13H18N2O4/c1-8-3-11-12(19-7-18-11)4-9(8)5-15(2)13(17)10(14)6-16/h3-4,10,16H,5-7,14H2,1-2H3. The zero-order valence-corrected chi connectivity index (χ0v) is 11.0. The first-order chi connectivity index (χ1) is 9.02. The summed E-state index contributed by atoms with van der Waals surface area (Å²) < 4.78 is 10.6. The summed E-state index contributed by atoms with van der Waals surface area (Å²) in [6.45, 7) is 2.22. The van der Waals surface area contributed by atoms with Crippen molar-refractivity contribution in [2.75, 3.05) is 20.4 Å². The Bertz CT molecular complexity index is 490. The summed E-state index contributed by atoms with van der Waals surface area (Å²) in [5.41, 5.74) is 7.49. The van der Waals surface area contributed by atoms with Crippen LogP contribution in [0.2, 0.25) is 0 Å². The molecule has 0 fully saturated rings. The van der Waals surface area contributed by atoms with E-state index in [0.29, 0.717) is 12.3 Å². The lowest BCUT2D eigenvalue weighted by atomic mass is 10.1. The van der Waals surface area contributed by atoms with Gasteiger partial charge in [0.2, 0.25) is 12.7 Å². The summed E-state index contributed by atoms with van der Waals surface area (Å²) in [5, 5.41) is 8.89. The quantitative estimate of drug-likeness (QED) is 0.801. The van der Waals surface area contributed by atoms with E-state index in [9.17, 15) is 4.79 Å². The molecule has 3 N–H and O–H groups in total. The second-order valence-corrected chi connectivity index (χ2v) is 4.62. The van der Waals surface area contributed by atoms with E-state index in [0.717, 1.165) is 16.9 Å². The molecule has 0 radical (unpaired) electrons. The molecule has 6 nitrogen and oxygen atoms in total. The number of hydrogen-bond donors (Lipinski definition) is 2. The van der Waals surface area contributed by atoms with Gasteiger partial charge in [0.25, 0.3) is 0 Å². The Labute approximate surface area is 111 Å². The van der Waals surface area contributed by atoms with E-state index in [2.05, 4.69) is 0 Å². The summed E-state index contributed by atoms with van der Waals surface area (Å²) >= 11 is 0. The Morgan fingerprint density at radius 3 is 2.74 bits per heavy atom. The minimum Gasteiger partial charge on any atom is -0.454 e. The number of aliphatic hydroxyl groups excluding tert-OH is 1. The molecule has 6 heteroatoms. The third-order valence-corrected chi connectivity index (χ3v) is 3.13. The van der Waals surface area contributed by atoms with E-state index in [1.54, 1.807) is 7.05 Å². The van der Waals surface area contributed by atoms with Crippen molar-refractivity contribution in [3.05, 3.63) is 23.3 Å². The summed E-state index contributed by atoms with van der Waals surface area (Å²) in [4.78, 5) is 13.3. The van der Waals surface area contributed by atoms with Crippen molar-refractivity contribution in [2.24, 2.45) is 5.73 Å². The number of nitrogens with zero attached hydrogens (tertiary/aromatic N) is 1. The van der Waals surface area contributed by atoms with Crippen LogP contribution in [0.25, 0.3) is 0 Å². The van der Waals surface area contributed by atoms with E-state index in [1.165, 1.54) is 4.90 Å². The molecule has 104 valence electrons. The molecule has 0 aromatic heterocycles. The molecular weight excluding hydrogens is 248 g/mol. The summed E-state index contributed by atoms with van der Waals surface area (Å²) in [6.07, 6.45) is 0.